The molecule has 0 saturated heterocycles. The maximum Gasteiger partial charge on any atom is 0.122 e. The number of nitrogen functional groups attached to an aromatic ring is 1. The van der Waals surface area contributed by atoms with Crippen molar-refractivity contribution >= 4 is 40.7 Å². The highest BCUT2D eigenvalue weighted by atomic mass is 35.5. The zero-order chi connectivity index (χ0) is 10.2. The van der Waals surface area contributed by atoms with Gasteiger partial charge >= 0.3 is 0 Å². The number of hydrogen-bond donors (Lipinski definition) is 1. The summed E-state index contributed by atoms with van der Waals surface area (Å²) < 4.78 is -0.476. The predicted octanol–water partition coefficient (Wildman–Crippen LogP) is 3.55. The highest BCUT2D eigenvalue weighted by molar-refractivity contribution is 7.99. The van der Waals surface area contributed by atoms with Gasteiger partial charge in [-0.2, -0.15) is 0 Å². The standard InChI is InChI=1S/C10H11Cl2NS/c11-10(12)5-7(10)6-14-9-4-2-1-3-8(9)13/h1-4,7H,5-6,13H2/t7-/m1/s1. The summed E-state index contributed by atoms with van der Waals surface area (Å²) in [6.07, 6.45) is 0.899. The van der Waals surface area contributed by atoms with Gasteiger partial charge in [0.1, 0.15) is 4.33 Å². The van der Waals surface area contributed by atoms with Gasteiger partial charge in [-0.1, -0.05) is 12.1 Å². The summed E-state index contributed by atoms with van der Waals surface area (Å²) in [6, 6.07) is 7.85. The maximum absolute atomic E-state index is 5.93. The number of para-hydroxylation sites is 1. The lowest BCUT2D eigenvalue weighted by Gasteiger charge is -2.04. The molecule has 2 N–H and O–H groups in total. The number of rotatable bonds is 3. The fraction of sp³-hybridized carbons (Fsp3) is 0.400. The van der Waals surface area contributed by atoms with Crippen molar-refractivity contribution in [3.63, 3.8) is 0 Å². The summed E-state index contributed by atoms with van der Waals surface area (Å²) in [4.78, 5) is 1.11. The second-order valence-corrected chi connectivity index (χ2v) is 6.12. The van der Waals surface area contributed by atoms with Gasteiger partial charge in [-0.15, -0.1) is 35.0 Å². The Morgan fingerprint density at radius 2 is 2.07 bits per heavy atom. The van der Waals surface area contributed by atoms with Crippen LogP contribution in [0.1, 0.15) is 6.42 Å². The third-order valence-corrected chi connectivity index (χ3v) is 4.49. The van der Waals surface area contributed by atoms with E-state index >= 15 is 0 Å². The average Bonchev–Trinajstić information content (AvgIpc) is 2.73. The summed E-state index contributed by atoms with van der Waals surface area (Å²) in [7, 11) is 0. The SMILES string of the molecule is Nc1ccccc1SC[C@H]1CC1(Cl)Cl. The van der Waals surface area contributed by atoms with Crippen molar-refractivity contribution in [2.45, 2.75) is 15.6 Å². The van der Waals surface area contributed by atoms with Crippen LogP contribution in [-0.2, 0) is 0 Å². The van der Waals surface area contributed by atoms with Crippen LogP contribution in [0.25, 0.3) is 0 Å². The largest absolute Gasteiger partial charge is 0.398 e. The molecule has 14 heavy (non-hydrogen) atoms. The summed E-state index contributed by atoms with van der Waals surface area (Å²) >= 11 is 13.6. The van der Waals surface area contributed by atoms with E-state index in [-0.39, 0.29) is 0 Å². The van der Waals surface area contributed by atoms with Gasteiger partial charge in [0, 0.05) is 22.3 Å². The molecule has 0 heterocycles. The van der Waals surface area contributed by atoms with Crippen molar-refractivity contribution in [2.24, 2.45) is 5.92 Å². The Kier molecular flexibility index (Phi) is 2.87. The van der Waals surface area contributed by atoms with Crippen molar-refractivity contribution in [3.8, 4) is 0 Å². The topological polar surface area (TPSA) is 26.0 Å². The number of halogens is 2. The Morgan fingerprint density at radius 3 is 2.64 bits per heavy atom. The maximum atomic E-state index is 5.93. The van der Waals surface area contributed by atoms with Gasteiger partial charge in [0.05, 0.1) is 0 Å². The van der Waals surface area contributed by atoms with Crippen molar-refractivity contribution in [1.29, 1.82) is 0 Å². The number of nitrogens with two attached hydrogens (primary N) is 1. The van der Waals surface area contributed by atoms with E-state index in [1.165, 1.54) is 0 Å². The zero-order valence-corrected chi connectivity index (χ0v) is 9.87. The first-order chi connectivity index (χ1) is 6.59. The number of alkyl halides is 2. The van der Waals surface area contributed by atoms with E-state index in [0.717, 1.165) is 22.8 Å². The number of anilines is 1. The Balaban J connectivity index is 1.90. The van der Waals surface area contributed by atoms with E-state index in [4.69, 9.17) is 28.9 Å². The van der Waals surface area contributed by atoms with Crippen LogP contribution < -0.4 is 5.73 Å². The molecule has 0 amide bonds. The third kappa shape index (κ3) is 2.30. The van der Waals surface area contributed by atoms with Crippen LogP contribution >= 0.6 is 35.0 Å². The molecule has 0 radical (unpaired) electrons. The first-order valence-corrected chi connectivity index (χ1v) is 6.19. The van der Waals surface area contributed by atoms with Crippen molar-refractivity contribution < 1.29 is 0 Å². The third-order valence-electron chi connectivity index (χ3n) is 2.31. The van der Waals surface area contributed by atoms with E-state index in [9.17, 15) is 0 Å². The minimum absolute atomic E-state index is 0.412. The van der Waals surface area contributed by atoms with Gasteiger partial charge < -0.3 is 5.73 Å². The number of benzene rings is 1. The molecule has 1 aromatic carbocycles. The van der Waals surface area contributed by atoms with Crippen molar-refractivity contribution in [3.05, 3.63) is 24.3 Å². The van der Waals surface area contributed by atoms with Gasteiger partial charge in [0.15, 0.2) is 0 Å². The lowest BCUT2D eigenvalue weighted by molar-refractivity contribution is 0.979. The van der Waals surface area contributed by atoms with Crippen LogP contribution in [-0.4, -0.2) is 10.1 Å². The molecule has 0 bridgehead atoms. The van der Waals surface area contributed by atoms with Gasteiger partial charge in [-0.3, -0.25) is 0 Å². The number of thioether (sulfide) groups is 1. The Labute approximate surface area is 98.0 Å². The molecular weight excluding hydrogens is 237 g/mol. The first-order valence-electron chi connectivity index (χ1n) is 4.45. The van der Waals surface area contributed by atoms with Gasteiger partial charge in [-0.25, -0.2) is 0 Å². The summed E-state index contributed by atoms with van der Waals surface area (Å²) in [5, 5.41) is 0. The molecule has 2 rings (SSSR count). The van der Waals surface area contributed by atoms with E-state index in [0.29, 0.717) is 5.92 Å². The molecule has 1 atom stereocenters. The van der Waals surface area contributed by atoms with Crippen LogP contribution in [0, 0.1) is 5.92 Å². The molecule has 1 saturated carbocycles. The fourth-order valence-electron chi connectivity index (χ4n) is 1.25. The van der Waals surface area contributed by atoms with Gasteiger partial charge in [-0.05, 0) is 18.6 Å². The Hall–Kier alpha value is -0.0500. The quantitative estimate of drug-likeness (QED) is 0.503. The second kappa shape index (κ2) is 3.84. The summed E-state index contributed by atoms with van der Waals surface area (Å²) in [6.45, 7) is 0. The molecule has 0 aromatic heterocycles. The minimum atomic E-state index is -0.476. The molecular formula is C10H11Cl2NS. The summed E-state index contributed by atoms with van der Waals surface area (Å²) in [5.41, 5.74) is 6.63. The average molecular weight is 248 g/mol. The molecule has 76 valence electrons. The smallest absolute Gasteiger partial charge is 0.122 e. The second-order valence-electron chi connectivity index (χ2n) is 3.51. The van der Waals surface area contributed by atoms with Crippen LogP contribution in [0.2, 0.25) is 0 Å². The molecule has 0 unspecified atom stereocenters. The van der Waals surface area contributed by atoms with Crippen LogP contribution in [0.15, 0.2) is 29.2 Å². The molecule has 4 heteroatoms. The minimum Gasteiger partial charge on any atom is -0.398 e. The fourth-order valence-corrected chi connectivity index (χ4v) is 3.16. The first kappa shape index (κ1) is 10.5. The highest BCUT2D eigenvalue weighted by Crippen LogP contribution is 2.55. The van der Waals surface area contributed by atoms with Gasteiger partial charge in [0.25, 0.3) is 0 Å². The molecule has 1 nitrogen and oxygen atoms in total. The van der Waals surface area contributed by atoms with E-state index in [1.54, 1.807) is 11.8 Å². The van der Waals surface area contributed by atoms with E-state index in [2.05, 4.69) is 0 Å². The molecule has 0 spiro atoms. The van der Waals surface area contributed by atoms with E-state index < -0.39 is 4.33 Å². The normalized spacial score (nSPS) is 23.4. The number of hydrogen-bond acceptors (Lipinski definition) is 2. The Bertz CT molecular complexity index is 341. The van der Waals surface area contributed by atoms with Crippen LogP contribution in [0.3, 0.4) is 0 Å². The van der Waals surface area contributed by atoms with Crippen molar-refractivity contribution in [2.75, 3.05) is 11.5 Å². The zero-order valence-electron chi connectivity index (χ0n) is 7.54. The molecule has 1 aliphatic carbocycles. The lowest BCUT2D eigenvalue weighted by atomic mass is 10.3. The Morgan fingerprint density at radius 1 is 1.43 bits per heavy atom. The lowest BCUT2D eigenvalue weighted by Crippen LogP contribution is -1.94. The monoisotopic (exact) mass is 247 g/mol. The van der Waals surface area contributed by atoms with Crippen LogP contribution in [0.5, 0.6) is 0 Å². The molecule has 1 aliphatic rings. The van der Waals surface area contributed by atoms with Crippen molar-refractivity contribution in [1.82, 2.24) is 0 Å². The molecule has 1 fully saturated rings. The van der Waals surface area contributed by atoms with Crippen LogP contribution in [0.4, 0.5) is 5.69 Å². The van der Waals surface area contributed by atoms with Gasteiger partial charge in [0.2, 0.25) is 0 Å². The summed E-state index contributed by atoms with van der Waals surface area (Å²) in [5.74, 6) is 1.36. The predicted molar refractivity (Wildman–Crippen MR) is 64.1 cm³/mol. The molecule has 0 aliphatic heterocycles. The highest BCUT2D eigenvalue weighted by Gasteiger charge is 2.51. The van der Waals surface area contributed by atoms with E-state index in [1.807, 2.05) is 24.3 Å². The molecule has 1 aromatic rings.